The van der Waals surface area contributed by atoms with Crippen molar-refractivity contribution in [3.05, 3.63) is 22.8 Å². The molecule has 3 atom stereocenters. The summed E-state index contributed by atoms with van der Waals surface area (Å²) in [5.41, 5.74) is 5.73. The average molecular weight is 484 g/mol. The molecule has 0 radical (unpaired) electrons. The molecule has 1 aromatic heterocycles. The van der Waals surface area contributed by atoms with E-state index in [1.54, 1.807) is 18.4 Å². The Hall–Kier alpha value is -3.13. The number of fused-ring (bicyclic) bond motifs is 1. The largest absolute Gasteiger partial charge is 0.425 e. The molecule has 32 heavy (non-hydrogen) atoms. The van der Waals surface area contributed by atoms with Gasteiger partial charge in [0.05, 0.1) is 0 Å². The molecule has 0 bridgehead atoms. The van der Waals surface area contributed by atoms with Crippen molar-refractivity contribution in [3.8, 4) is 0 Å². The first-order valence-electron chi connectivity index (χ1n) is 9.43. The minimum atomic E-state index is -1.06. The Morgan fingerprint density at radius 3 is 2.75 bits per heavy atom. The summed E-state index contributed by atoms with van der Waals surface area (Å²) in [6.07, 6.45) is 0.751. The smallest absolute Gasteiger partial charge is 0.357 e. The van der Waals surface area contributed by atoms with Gasteiger partial charge in [-0.1, -0.05) is 12.1 Å². The van der Waals surface area contributed by atoms with Crippen LogP contribution in [0, 0.1) is 0 Å². The molecule has 0 aliphatic carbocycles. The fourth-order valence-corrected chi connectivity index (χ4v) is 4.73. The topological polar surface area (TPSA) is 163 Å². The number of carbonyl (C=O) groups is 4. The van der Waals surface area contributed by atoms with Crippen LogP contribution in [0.5, 0.6) is 0 Å². The Balaban J connectivity index is 1.68. The second-order valence-corrected chi connectivity index (χ2v) is 8.56. The number of thioether (sulfide) groups is 1. The van der Waals surface area contributed by atoms with Crippen LogP contribution in [-0.4, -0.2) is 69.9 Å². The highest BCUT2D eigenvalue weighted by Crippen LogP contribution is 2.38. The van der Waals surface area contributed by atoms with Crippen molar-refractivity contribution in [1.82, 2.24) is 15.2 Å². The second-order valence-electron chi connectivity index (χ2n) is 6.52. The summed E-state index contributed by atoms with van der Waals surface area (Å²) in [7, 11) is 1.28. The van der Waals surface area contributed by atoms with E-state index >= 15 is 0 Å². The molecule has 12 nitrogen and oxygen atoms in total. The molecule has 1 aromatic rings. The Kier molecular flexibility index (Phi) is 7.35. The summed E-state index contributed by atoms with van der Waals surface area (Å²) in [4.78, 5) is 59.2. The first-order chi connectivity index (χ1) is 15.3. The lowest BCUT2D eigenvalue weighted by atomic mass is 10.0. The number of hydrogen-bond donors (Lipinski definition) is 2. The number of amides is 2. The van der Waals surface area contributed by atoms with Gasteiger partial charge in [0.1, 0.15) is 29.9 Å². The predicted octanol–water partition coefficient (Wildman–Crippen LogP) is 0.202. The molecule has 2 aliphatic rings. The third kappa shape index (κ3) is 4.85. The zero-order valence-electron chi connectivity index (χ0n) is 17.4. The van der Waals surface area contributed by atoms with Crippen molar-refractivity contribution < 1.29 is 33.5 Å². The van der Waals surface area contributed by atoms with Gasteiger partial charge in [0.2, 0.25) is 6.29 Å². The average Bonchev–Trinajstić information content (AvgIpc) is 3.19. The van der Waals surface area contributed by atoms with Crippen LogP contribution in [0.3, 0.4) is 0 Å². The number of esters is 2. The number of anilines is 1. The molecule has 1 fully saturated rings. The number of β-lactam (4-membered cyclic amide) rings is 1. The third-order valence-corrected chi connectivity index (χ3v) is 6.23. The molecule has 2 aliphatic heterocycles. The normalized spacial score (nSPS) is 21.0. The van der Waals surface area contributed by atoms with E-state index in [2.05, 4.69) is 15.5 Å². The third-order valence-electron chi connectivity index (χ3n) is 4.37. The Bertz CT molecular complexity index is 992. The molecule has 1 saturated heterocycles. The van der Waals surface area contributed by atoms with Crippen molar-refractivity contribution in [2.75, 3.05) is 18.6 Å². The minimum Gasteiger partial charge on any atom is -0.425 e. The number of carbonyl (C=O) groups excluding carboxylic acids is 4. The number of nitrogens with one attached hydrogen (secondary N) is 1. The van der Waals surface area contributed by atoms with Crippen LogP contribution in [0.25, 0.3) is 0 Å². The fourth-order valence-electron chi connectivity index (χ4n) is 2.99. The lowest BCUT2D eigenvalue weighted by Gasteiger charge is -2.48. The monoisotopic (exact) mass is 483 g/mol. The number of thiazole rings is 1. The number of nitrogen functional groups attached to an aromatic ring is 1. The summed E-state index contributed by atoms with van der Waals surface area (Å²) in [5.74, 6) is -2.13. The van der Waals surface area contributed by atoms with Gasteiger partial charge in [-0.05, 0) is 6.08 Å². The summed E-state index contributed by atoms with van der Waals surface area (Å²) in [6.45, 7) is 2.89. The van der Waals surface area contributed by atoms with E-state index in [4.69, 9.17) is 20.0 Å². The number of aromatic nitrogens is 1. The summed E-state index contributed by atoms with van der Waals surface area (Å²) in [6, 6.07) is -0.891. The molecular weight excluding hydrogens is 462 g/mol. The minimum absolute atomic E-state index is 0.0351. The van der Waals surface area contributed by atoms with Crippen molar-refractivity contribution in [1.29, 1.82) is 0 Å². The van der Waals surface area contributed by atoms with Gasteiger partial charge in [-0.2, -0.15) is 0 Å². The molecule has 0 aromatic carbocycles. The van der Waals surface area contributed by atoms with Crippen LogP contribution < -0.4 is 11.1 Å². The Morgan fingerprint density at radius 1 is 1.41 bits per heavy atom. The van der Waals surface area contributed by atoms with Crippen LogP contribution in [0.4, 0.5) is 5.13 Å². The van der Waals surface area contributed by atoms with Crippen LogP contribution in [-0.2, 0) is 33.5 Å². The lowest BCUT2D eigenvalue weighted by molar-refractivity contribution is -0.186. The zero-order chi connectivity index (χ0) is 23.4. The van der Waals surface area contributed by atoms with Crippen LogP contribution in [0.2, 0.25) is 0 Å². The maximum atomic E-state index is 12.8. The summed E-state index contributed by atoms with van der Waals surface area (Å²) >= 11 is 2.49. The molecular formula is C18H21N5O7S2. The van der Waals surface area contributed by atoms with E-state index in [0.717, 1.165) is 11.3 Å². The Morgan fingerprint density at radius 2 is 2.16 bits per heavy atom. The van der Waals surface area contributed by atoms with Gasteiger partial charge in [0.15, 0.2) is 10.8 Å². The lowest BCUT2D eigenvalue weighted by Crippen LogP contribution is -2.70. The molecule has 172 valence electrons. The van der Waals surface area contributed by atoms with Crippen molar-refractivity contribution in [2.45, 2.75) is 38.0 Å². The number of oxime groups is 1. The zero-order valence-corrected chi connectivity index (χ0v) is 19.0. The highest BCUT2D eigenvalue weighted by atomic mass is 32.2. The molecule has 3 N–H and O–H groups in total. The standard InChI is InChI=1S/C18H21N5O7S2/c1-4-11(29-8(2)24)30-17(27)10-5-6-31-16-13(15(26)23(10)16)21-14(25)12(22-28-3)9-7-32-18(19)20-9/h5,7,11,13,16H,4,6H2,1-3H3,(H2,19,20)(H,21,25)/b22-12+. The van der Waals surface area contributed by atoms with Crippen LogP contribution in [0.15, 0.2) is 22.3 Å². The van der Waals surface area contributed by atoms with Crippen molar-refractivity contribution >= 4 is 57.7 Å². The molecule has 3 heterocycles. The maximum absolute atomic E-state index is 12.8. The quantitative estimate of drug-likeness (QED) is 0.172. The summed E-state index contributed by atoms with van der Waals surface area (Å²) < 4.78 is 10.1. The van der Waals surface area contributed by atoms with Crippen molar-refractivity contribution in [2.24, 2.45) is 5.16 Å². The van der Waals surface area contributed by atoms with E-state index in [0.29, 0.717) is 5.75 Å². The number of hydrogen-bond acceptors (Lipinski definition) is 12. The van der Waals surface area contributed by atoms with Gasteiger partial charge < -0.3 is 25.4 Å². The molecule has 3 rings (SSSR count). The van der Waals surface area contributed by atoms with Gasteiger partial charge in [0.25, 0.3) is 11.8 Å². The van der Waals surface area contributed by atoms with Gasteiger partial charge >= 0.3 is 11.9 Å². The second kappa shape index (κ2) is 9.99. The van der Waals surface area contributed by atoms with E-state index in [9.17, 15) is 19.2 Å². The van der Waals surface area contributed by atoms with Gasteiger partial charge in [-0.15, -0.1) is 23.1 Å². The highest BCUT2D eigenvalue weighted by Gasteiger charge is 2.53. The van der Waals surface area contributed by atoms with E-state index < -0.39 is 41.5 Å². The SMILES string of the molecule is CCC(OC(C)=O)OC(=O)C1=CCSC2C(NC(=O)/C(=N/OC)c3csc(N)n3)C(=O)N12. The highest BCUT2D eigenvalue weighted by molar-refractivity contribution is 8.00. The molecule has 3 unspecified atom stereocenters. The number of nitrogens with two attached hydrogens (primary N) is 1. The molecule has 0 saturated carbocycles. The number of ether oxygens (including phenoxy) is 2. The number of nitrogens with zero attached hydrogens (tertiary/aromatic N) is 3. The van der Waals surface area contributed by atoms with E-state index in [1.165, 1.54) is 30.7 Å². The van der Waals surface area contributed by atoms with E-state index in [-0.39, 0.29) is 28.7 Å². The van der Waals surface area contributed by atoms with Crippen LogP contribution in [0.1, 0.15) is 26.0 Å². The first kappa shape index (κ1) is 23.5. The van der Waals surface area contributed by atoms with Gasteiger partial charge in [0, 0.05) is 24.5 Å². The van der Waals surface area contributed by atoms with Gasteiger partial charge in [-0.25, -0.2) is 9.78 Å². The summed E-state index contributed by atoms with van der Waals surface area (Å²) in [5, 5.41) is 7.57. The fraction of sp³-hybridized carbons (Fsp3) is 0.444. The van der Waals surface area contributed by atoms with Crippen molar-refractivity contribution in [3.63, 3.8) is 0 Å². The van der Waals surface area contributed by atoms with Crippen LogP contribution >= 0.6 is 23.1 Å². The Labute approximate surface area is 191 Å². The van der Waals surface area contributed by atoms with E-state index in [1.807, 2.05) is 0 Å². The molecule has 2 amide bonds. The first-order valence-corrected chi connectivity index (χ1v) is 11.4. The molecule has 0 spiro atoms. The maximum Gasteiger partial charge on any atom is 0.357 e. The molecule has 14 heteroatoms. The number of rotatable bonds is 8. The van der Waals surface area contributed by atoms with Gasteiger partial charge in [-0.3, -0.25) is 19.3 Å². The predicted molar refractivity (Wildman–Crippen MR) is 115 cm³/mol.